The van der Waals surface area contributed by atoms with Crippen LogP contribution in [0, 0.1) is 17.3 Å². The molecular weight excluding hydrogens is 506 g/mol. The monoisotopic (exact) mass is 551 g/mol. The Morgan fingerprint density at radius 1 is 1.12 bits per heavy atom. The van der Waals surface area contributed by atoms with Gasteiger partial charge in [-0.15, -0.1) is 0 Å². The van der Waals surface area contributed by atoms with E-state index in [4.69, 9.17) is 15.2 Å². The Hall–Kier alpha value is -2.97. The number of esters is 1. The van der Waals surface area contributed by atoms with Gasteiger partial charge >= 0.3 is 5.97 Å². The quantitative estimate of drug-likeness (QED) is 0.293. The Balaban J connectivity index is 1.53. The van der Waals surface area contributed by atoms with Crippen LogP contribution >= 0.6 is 0 Å². The molecule has 8 nitrogen and oxygen atoms in total. The van der Waals surface area contributed by atoms with Gasteiger partial charge < -0.3 is 20.3 Å². The number of nitrogen functional groups attached to an aromatic ring is 1. The normalized spacial score (nSPS) is 32.3. The van der Waals surface area contributed by atoms with Crippen molar-refractivity contribution in [2.24, 2.45) is 17.3 Å². The second-order valence-electron chi connectivity index (χ2n) is 12.7. The number of aromatic nitrogens is 2. The largest absolute Gasteiger partial charge is 0.458 e. The van der Waals surface area contributed by atoms with E-state index in [1.54, 1.807) is 11.6 Å². The number of nitrogens with two attached hydrogens (primary N) is 1. The molecule has 0 amide bonds. The molecule has 0 bridgehead atoms. The summed E-state index contributed by atoms with van der Waals surface area (Å²) in [7, 11) is 0. The van der Waals surface area contributed by atoms with Crippen LogP contribution in [0.5, 0.6) is 0 Å². The third kappa shape index (κ3) is 7.02. The van der Waals surface area contributed by atoms with Crippen LogP contribution in [0.4, 0.5) is 5.69 Å². The predicted molar refractivity (Wildman–Crippen MR) is 156 cm³/mol. The number of nitrogens with zero attached hydrogens (tertiary/aromatic N) is 2. The number of carbonyl (C=O) groups is 2. The van der Waals surface area contributed by atoms with Gasteiger partial charge in [0.05, 0.1) is 29.2 Å². The number of benzene rings is 1. The number of fused-ring (bicyclic) bond motifs is 1. The van der Waals surface area contributed by atoms with Gasteiger partial charge in [0.1, 0.15) is 11.9 Å². The summed E-state index contributed by atoms with van der Waals surface area (Å²) in [6.45, 7) is 11.6. The molecule has 218 valence electrons. The minimum Gasteiger partial charge on any atom is -0.458 e. The molecule has 2 fully saturated rings. The second kappa shape index (κ2) is 11.9. The van der Waals surface area contributed by atoms with Crippen molar-refractivity contribution in [3.63, 3.8) is 0 Å². The second-order valence-corrected chi connectivity index (χ2v) is 12.7. The maximum Gasteiger partial charge on any atom is 0.306 e. The number of ketones is 1. The highest BCUT2D eigenvalue weighted by molar-refractivity contribution is 5.87. The number of cyclic esters (lactones) is 1. The fraction of sp³-hybridized carbons (Fsp3) is 0.594. The summed E-state index contributed by atoms with van der Waals surface area (Å²) in [6, 6.07) is 9.40. The first-order valence-corrected chi connectivity index (χ1v) is 14.5. The number of anilines is 1. The predicted octanol–water partition coefficient (Wildman–Crippen LogP) is 5.51. The molecule has 4 rings (SSSR count). The SMILES string of the molecule is C/C(=C\c1ccn(-c2ccc(N)cc2)n1)[C@@H]1C[C@@H]2O[C@]2(C)CCC[C@H](C)[C@H](O)[C@@H](C)C(=O)C(C)(C)CCC(=O)O1. The first-order valence-electron chi connectivity index (χ1n) is 14.5. The van der Waals surface area contributed by atoms with Crippen molar-refractivity contribution < 1.29 is 24.2 Å². The topological polar surface area (TPSA) is 120 Å². The van der Waals surface area contributed by atoms with Crippen LogP contribution in [0.1, 0.15) is 85.8 Å². The van der Waals surface area contributed by atoms with Crippen molar-refractivity contribution in [1.29, 1.82) is 0 Å². The third-order valence-corrected chi connectivity index (χ3v) is 8.85. The molecule has 0 radical (unpaired) electrons. The Labute approximate surface area is 237 Å². The highest BCUT2D eigenvalue weighted by atomic mass is 16.6. The standard InChI is InChI=1S/C32H45N3O5/c1-20-8-7-15-32(6)27(40-32)19-26(39-28(36)13-16-31(4,5)30(38)22(3)29(20)37)21(2)18-24-14-17-35(34-24)25-11-9-23(33)10-12-25/h9-12,14,17-18,20,22,26-27,29,37H,7-8,13,15-16,19,33H2,1-6H3/b21-18+/t20-,22+,26-,27-,29-,32+/m0/s1. The van der Waals surface area contributed by atoms with Gasteiger partial charge in [0.15, 0.2) is 0 Å². The number of aliphatic hydroxyl groups excluding tert-OH is 1. The molecule has 0 aliphatic carbocycles. The lowest BCUT2D eigenvalue weighted by molar-refractivity contribution is -0.149. The van der Waals surface area contributed by atoms with Crippen molar-refractivity contribution in [3.8, 4) is 5.69 Å². The van der Waals surface area contributed by atoms with Crippen molar-refractivity contribution in [1.82, 2.24) is 9.78 Å². The molecule has 8 heteroatoms. The number of aliphatic hydroxyl groups is 1. The van der Waals surface area contributed by atoms with Gasteiger partial charge in [-0.05, 0) is 81.0 Å². The van der Waals surface area contributed by atoms with Crippen molar-refractivity contribution >= 4 is 23.5 Å². The maximum absolute atomic E-state index is 13.3. The summed E-state index contributed by atoms with van der Waals surface area (Å²) in [5.74, 6) is -0.865. The van der Waals surface area contributed by atoms with Gasteiger partial charge in [-0.2, -0.15) is 5.10 Å². The summed E-state index contributed by atoms with van der Waals surface area (Å²) in [5.41, 5.74) is 8.01. The first kappa shape index (κ1) is 30.0. The Kier molecular flexibility index (Phi) is 8.90. The molecule has 2 aliphatic rings. The lowest BCUT2D eigenvalue weighted by atomic mass is 9.74. The number of carbonyl (C=O) groups excluding carboxylic acids is 2. The number of hydrogen-bond donors (Lipinski definition) is 2. The molecule has 2 aromatic rings. The molecule has 3 heterocycles. The van der Waals surface area contributed by atoms with Crippen LogP contribution < -0.4 is 5.73 Å². The highest BCUT2D eigenvalue weighted by Crippen LogP contribution is 2.45. The average molecular weight is 552 g/mol. The summed E-state index contributed by atoms with van der Waals surface area (Å²) >= 11 is 0. The van der Waals surface area contributed by atoms with Gasteiger partial charge in [0.2, 0.25) is 0 Å². The first-order chi connectivity index (χ1) is 18.8. The van der Waals surface area contributed by atoms with Gasteiger partial charge in [-0.1, -0.05) is 34.1 Å². The van der Waals surface area contributed by atoms with Crippen LogP contribution in [0.3, 0.4) is 0 Å². The number of Topliss-reactive ketones (excluding diaryl/α,β-unsaturated/α-hetero) is 1. The molecule has 1 aromatic carbocycles. The molecule has 1 aromatic heterocycles. The van der Waals surface area contributed by atoms with Crippen LogP contribution in [0.25, 0.3) is 11.8 Å². The van der Waals surface area contributed by atoms with Gasteiger partial charge in [0.25, 0.3) is 0 Å². The number of epoxide rings is 1. The van der Waals surface area contributed by atoms with Crippen LogP contribution in [0.2, 0.25) is 0 Å². The lowest BCUT2D eigenvalue weighted by Gasteiger charge is -2.31. The average Bonchev–Trinajstić information content (AvgIpc) is 3.30. The number of rotatable bonds is 3. The molecule has 2 saturated heterocycles. The maximum atomic E-state index is 13.3. The van der Waals surface area contributed by atoms with E-state index in [9.17, 15) is 14.7 Å². The van der Waals surface area contributed by atoms with E-state index < -0.39 is 23.5 Å². The van der Waals surface area contributed by atoms with Gasteiger partial charge in [0, 0.05) is 36.1 Å². The van der Waals surface area contributed by atoms with Gasteiger partial charge in [-0.25, -0.2) is 4.68 Å². The summed E-state index contributed by atoms with van der Waals surface area (Å²) in [5, 5.41) is 15.6. The summed E-state index contributed by atoms with van der Waals surface area (Å²) in [6.07, 6.45) is 6.21. The fourth-order valence-corrected chi connectivity index (χ4v) is 5.81. The summed E-state index contributed by atoms with van der Waals surface area (Å²) < 4.78 is 13.9. The molecular formula is C32H45N3O5. The molecule has 3 N–H and O–H groups in total. The smallest absolute Gasteiger partial charge is 0.306 e. The van der Waals surface area contributed by atoms with Crippen LogP contribution in [-0.2, 0) is 19.1 Å². The van der Waals surface area contributed by atoms with Crippen LogP contribution in [0.15, 0.2) is 42.1 Å². The number of hydrogen-bond acceptors (Lipinski definition) is 7. The lowest BCUT2D eigenvalue weighted by Crippen LogP contribution is -2.39. The Bertz CT molecular complexity index is 1230. The molecule has 6 atom stereocenters. The van der Waals surface area contributed by atoms with Crippen molar-refractivity contribution in [2.75, 3.05) is 5.73 Å². The van der Waals surface area contributed by atoms with Crippen molar-refractivity contribution in [3.05, 3.63) is 47.8 Å². The van der Waals surface area contributed by atoms with E-state index in [1.807, 2.05) is 70.3 Å². The Morgan fingerprint density at radius 2 is 1.82 bits per heavy atom. The third-order valence-electron chi connectivity index (χ3n) is 8.85. The van der Waals surface area contributed by atoms with E-state index in [0.29, 0.717) is 18.5 Å². The van der Waals surface area contributed by atoms with E-state index in [0.717, 1.165) is 36.2 Å². The number of ether oxygens (including phenoxy) is 2. The van der Waals surface area contributed by atoms with E-state index in [-0.39, 0.29) is 35.8 Å². The van der Waals surface area contributed by atoms with Crippen molar-refractivity contribution in [2.45, 2.75) is 104 Å². The van der Waals surface area contributed by atoms with Gasteiger partial charge in [-0.3, -0.25) is 9.59 Å². The van der Waals surface area contributed by atoms with E-state index >= 15 is 0 Å². The minimum absolute atomic E-state index is 0.000558. The van der Waals surface area contributed by atoms with E-state index in [2.05, 4.69) is 12.0 Å². The fourth-order valence-electron chi connectivity index (χ4n) is 5.81. The molecule has 2 aliphatic heterocycles. The molecule has 0 unspecified atom stereocenters. The zero-order chi connectivity index (χ0) is 29.2. The minimum atomic E-state index is -0.746. The molecule has 0 saturated carbocycles. The van der Waals surface area contributed by atoms with Crippen LogP contribution in [-0.4, -0.2) is 50.6 Å². The molecule has 40 heavy (non-hydrogen) atoms. The molecule has 0 spiro atoms. The zero-order valence-corrected chi connectivity index (χ0v) is 24.7. The summed E-state index contributed by atoms with van der Waals surface area (Å²) in [4.78, 5) is 26.3. The Morgan fingerprint density at radius 3 is 2.52 bits per heavy atom. The van der Waals surface area contributed by atoms with E-state index in [1.165, 1.54) is 0 Å². The highest BCUT2D eigenvalue weighted by Gasteiger charge is 2.52. The zero-order valence-electron chi connectivity index (χ0n) is 24.7.